The van der Waals surface area contributed by atoms with Gasteiger partial charge in [0.2, 0.25) is 0 Å². The van der Waals surface area contributed by atoms with Gasteiger partial charge in [-0.2, -0.15) is 5.10 Å². The predicted octanol–water partition coefficient (Wildman–Crippen LogP) is 6.67. The minimum Gasteiger partial charge on any atom is -0.390 e. The van der Waals surface area contributed by atoms with E-state index < -0.39 is 5.60 Å². The van der Waals surface area contributed by atoms with Gasteiger partial charge in [0.1, 0.15) is 0 Å². The van der Waals surface area contributed by atoms with E-state index >= 15 is 0 Å². The Morgan fingerprint density at radius 2 is 1.85 bits per heavy atom. The van der Waals surface area contributed by atoms with Crippen molar-refractivity contribution >= 4 is 28.3 Å². The van der Waals surface area contributed by atoms with Gasteiger partial charge in [-0.25, -0.2) is 0 Å². The smallest absolute Gasteiger partial charge is 0.157 e. The molecule has 184 valence electrons. The monoisotopic (exact) mass is 482 g/mol. The van der Waals surface area contributed by atoms with Crippen LogP contribution in [0.25, 0.3) is 10.9 Å². The van der Waals surface area contributed by atoms with E-state index in [9.17, 15) is 9.90 Å². The standard InChI is InChI=1S/C29H39ClN2O2/c1-27(34)12-13-28(2)19(15-27)5-7-21-22-8-9-24(29(22,3)11-10-23(21)28)26(33)17-32-16-18-4-6-20(30)14-25(18)31-32/h4,6,14,16,19,21-24,34H,5,7-13,15,17H2,1-3H3/t19?,21?,22?,23?,24?,27-,28?,29?/m1/s1. The lowest BCUT2D eigenvalue weighted by Crippen LogP contribution is -2.55. The Balaban J connectivity index is 1.20. The molecule has 6 rings (SSSR count). The Morgan fingerprint density at radius 1 is 1.06 bits per heavy atom. The zero-order valence-corrected chi connectivity index (χ0v) is 21.7. The van der Waals surface area contributed by atoms with Crippen molar-refractivity contribution in [1.82, 2.24) is 9.78 Å². The number of halogens is 1. The molecule has 1 N–H and O–H groups in total. The molecule has 0 spiro atoms. The summed E-state index contributed by atoms with van der Waals surface area (Å²) in [7, 11) is 0. The number of hydrogen-bond donors (Lipinski definition) is 1. The van der Waals surface area contributed by atoms with E-state index in [0.717, 1.165) is 48.4 Å². The maximum Gasteiger partial charge on any atom is 0.157 e. The number of aromatic nitrogens is 2. The number of carbonyl (C=O) groups is 1. The zero-order valence-electron chi connectivity index (χ0n) is 20.9. The average Bonchev–Trinajstić information content (AvgIpc) is 3.33. The van der Waals surface area contributed by atoms with E-state index in [1.165, 1.54) is 32.1 Å². The zero-order chi connectivity index (χ0) is 23.9. The molecular weight excluding hydrogens is 444 g/mol. The van der Waals surface area contributed by atoms with Crippen LogP contribution in [-0.4, -0.2) is 26.3 Å². The van der Waals surface area contributed by atoms with Crippen LogP contribution in [0.4, 0.5) is 0 Å². The molecule has 8 atom stereocenters. The molecule has 5 heteroatoms. The first-order valence-corrected chi connectivity index (χ1v) is 13.8. The number of fused-ring (bicyclic) bond motifs is 6. The SMILES string of the molecule is CC12CC[C@@](C)(O)CC1CCC1C2CCC2(C)C(C(=O)Cn3cc4ccc(Cl)cc4n3)CCC12. The van der Waals surface area contributed by atoms with Gasteiger partial charge in [0.15, 0.2) is 5.78 Å². The third-order valence-electron chi connectivity index (χ3n) is 11.2. The van der Waals surface area contributed by atoms with Crippen molar-refractivity contribution < 1.29 is 9.90 Å². The van der Waals surface area contributed by atoms with Crippen LogP contribution in [-0.2, 0) is 11.3 Å². The van der Waals surface area contributed by atoms with Crippen molar-refractivity contribution in [1.29, 1.82) is 0 Å². The fraction of sp³-hybridized carbons (Fsp3) is 0.724. The highest BCUT2D eigenvalue weighted by Gasteiger charge is 2.61. The second-order valence-electron chi connectivity index (χ2n) is 13.0. The molecule has 7 unspecified atom stereocenters. The Morgan fingerprint density at radius 3 is 2.68 bits per heavy atom. The highest BCUT2D eigenvalue weighted by molar-refractivity contribution is 6.31. The van der Waals surface area contributed by atoms with Crippen molar-refractivity contribution in [2.24, 2.45) is 40.4 Å². The summed E-state index contributed by atoms with van der Waals surface area (Å²) in [5, 5.41) is 17.1. The summed E-state index contributed by atoms with van der Waals surface area (Å²) in [5.41, 5.74) is 0.865. The van der Waals surface area contributed by atoms with Crippen molar-refractivity contribution in [2.45, 2.75) is 90.7 Å². The van der Waals surface area contributed by atoms with E-state index in [0.29, 0.717) is 34.6 Å². The molecule has 0 amide bonds. The van der Waals surface area contributed by atoms with E-state index in [2.05, 4.69) is 18.9 Å². The minimum atomic E-state index is -0.478. The number of nitrogens with zero attached hydrogens (tertiary/aromatic N) is 2. The lowest BCUT2D eigenvalue weighted by atomic mass is 9.44. The van der Waals surface area contributed by atoms with Crippen LogP contribution in [0.5, 0.6) is 0 Å². The second-order valence-corrected chi connectivity index (χ2v) is 13.5. The molecular formula is C29H39ClN2O2. The summed E-state index contributed by atoms with van der Waals surface area (Å²) in [6, 6.07) is 5.72. The maximum absolute atomic E-state index is 13.6. The molecule has 4 fully saturated rings. The van der Waals surface area contributed by atoms with Crippen LogP contribution in [0.1, 0.15) is 78.6 Å². The van der Waals surface area contributed by atoms with Gasteiger partial charge >= 0.3 is 0 Å². The van der Waals surface area contributed by atoms with Gasteiger partial charge in [-0.15, -0.1) is 0 Å². The largest absolute Gasteiger partial charge is 0.390 e. The molecule has 4 saturated carbocycles. The van der Waals surface area contributed by atoms with Gasteiger partial charge in [0, 0.05) is 22.5 Å². The minimum absolute atomic E-state index is 0.123. The topological polar surface area (TPSA) is 55.1 Å². The van der Waals surface area contributed by atoms with E-state index in [1.807, 2.05) is 36.0 Å². The average molecular weight is 483 g/mol. The fourth-order valence-corrected chi connectivity index (χ4v) is 9.52. The van der Waals surface area contributed by atoms with Gasteiger partial charge in [-0.1, -0.05) is 25.4 Å². The van der Waals surface area contributed by atoms with Gasteiger partial charge in [-0.05, 0) is 117 Å². The van der Waals surface area contributed by atoms with Crippen LogP contribution >= 0.6 is 11.6 Å². The van der Waals surface area contributed by atoms with Crippen LogP contribution < -0.4 is 0 Å². The number of benzene rings is 1. The molecule has 4 nitrogen and oxygen atoms in total. The van der Waals surface area contributed by atoms with E-state index in [4.69, 9.17) is 11.6 Å². The van der Waals surface area contributed by atoms with Crippen molar-refractivity contribution in [2.75, 3.05) is 0 Å². The second kappa shape index (κ2) is 7.80. The van der Waals surface area contributed by atoms with Crippen molar-refractivity contribution in [3.05, 3.63) is 29.4 Å². The molecule has 34 heavy (non-hydrogen) atoms. The van der Waals surface area contributed by atoms with Crippen molar-refractivity contribution in [3.8, 4) is 0 Å². The van der Waals surface area contributed by atoms with Gasteiger partial charge < -0.3 is 5.11 Å². The number of hydrogen-bond acceptors (Lipinski definition) is 3. The Hall–Kier alpha value is -1.39. The van der Waals surface area contributed by atoms with E-state index in [-0.39, 0.29) is 11.3 Å². The molecule has 4 aliphatic rings. The first kappa shape index (κ1) is 23.0. The molecule has 2 aromatic rings. The summed E-state index contributed by atoms with van der Waals surface area (Å²) in [5.74, 6) is 3.33. The quantitative estimate of drug-likeness (QED) is 0.531. The van der Waals surface area contributed by atoms with Gasteiger partial charge in [-0.3, -0.25) is 9.48 Å². The summed E-state index contributed by atoms with van der Waals surface area (Å²) >= 11 is 6.13. The summed E-state index contributed by atoms with van der Waals surface area (Å²) in [6.07, 6.45) is 12.2. The molecule has 0 bridgehead atoms. The number of Topliss-reactive ketones (excluding diaryl/α,β-unsaturated/α-hetero) is 1. The molecule has 0 radical (unpaired) electrons. The first-order valence-electron chi connectivity index (χ1n) is 13.5. The number of rotatable bonds is 3. The third-order valence-corrected chi connectivity index (χ3v) is 11.4. The summed E-state index contributed by atoms with van der Waals surface area (Å²) < 4.78 is 1.83. The lowest BCUT2D eigenvalue weighted by molar-refractivity contribution is -0.151. The number of ketones is 1. The molecule has 1 aromatic heterocycles. The summed E-state index contributed by atoms with van der Waals surface area (Å²) in [6.45, 7) is 7.38. The Labute approximate surface area is 208 Å². The molecule has 4 aliphatic carbocycles. The van der Waals surface area contributed by atoms with Crippen LogP contribution in [0.2, 0.25) is 5.02 Å². The predicted molar refractivity (Wildman–Crippen MR) is 136 cm³/mol. The van der Waals surface area contributed by atoms with Gasteiger partial charge in [0.25, 0.3) is 0 Å². The highest BCUT2D eigenvalue weighted by atomic mass is 35.5. The first-order chi connectivity index (χ1) is 16.1. The maximum atomic E-state index is 13.6. The van der Waals surface area contributed by atoms with Crippen molar-refractivity contribution in [3.63, 3.8) is 0 Å². The van der Waals surface area contributed by atoms with E-state index in [1.54, 1.807) is 0 Å². The number of carbonyl (C=O) groups excluding carboxylic acids is 1. The lowest BCUT2D eigenvalue weighted by Gasteiger charge is -2.61. The van der Waals surface area contributed by atoms with Gasteiger partial charge in [0.05, 0.1) is 17.7 Å². The van der Waals surface area contributed by atoms with Crippen LogP contribution in [0, 0.1) is 40.4 Å². The van der Waals surface area contributed by atoms with Crippen LogP contribution in [0.15, 0.2) is 24.4 Å². The Bertz CT molecular complexity index is 1120. The molecule has 0 aliphatic heterocycles. The Kier molecular flexibility index (Phi) is 5.29. The number of aliphatic hydroxyl groups is 1. The fourth-order valence-electron chi connectivity index (χ4n) is 9.35. The highest BCUT2D eigenvalue weighted by Crippen LogP contribution is 2.68. The normalized spacial score (nSPS) is 43.9. The third kappa shape index (κ3) is 3.50. The molecule has 1 aromatic carbocycles. The molecule has 1 heterocycles. The van der Waals surface area contributed by atoms with Crippen LogP contribution in [0.3, 0.4) is 0 Å². The summed E-state index contributed by atoms with van der Waals surface area (Å²) in [4.78, 5) is 13.6. The molecule has 0 saturated heterocycles.